The molecule has 1 unspecified atom stereocenters. The highest BCUT2D eigenvalue weighted by Gasteiger charge is 2.31. The van der Waals surface area contributed by atoms with Gasteiger partial charge in [0.15, 0.2) is 0 Å². The van der Waals surface area contributed by atoms with Crippen molar-refractivity contribution in [1.29, 1.82) is 0 Å². The predicted octanol–water partition coefficient (Wildman–Crippen LogP) is 2.35. The van der Waals surface area contributed by atoms with E-state index >= 15 is 0 Å². The fourth-order valence-electron chi connectivity index (χ4n) is 2.58. The van der Waals surface area contributed by atoms with Crippen LogP contribution in [-0.4, -0.2) is 33.2 Å². The molecule has 1 aromatic rings. The largest absolute Gasteiger partial charge is 0.385 e. The van der Waals surface area contributed by atoms with E-state index in [0.717, 1.165) is 12.2 Å². The molecule has 1 aliphatic heterocycles. The van der Waals surface area contributed by atoms with Gasteiger partial charge in [0, 0.05) is 24.9 Å². The number of rotatable bonds is 5. The van der Waals surface area contributed by atoms with Gasteiger partial charge in [-0.3, -0.25) is 0 Å². The van der Waals surface area contributed by atoms with E-state index in [9.17, 15) is 8.42 Å². The van der Waals surface area contributed by atoms with Crippen LogP contribution in [0.1, 0.15) is 33.6 Å². The molecule has 1 heterocycles. The van der Waals surface area contributed by atoms with Gasteiger partial charge in [0.05, 0.1) is 10.5 Å². The summed E-state index contributed by atoms with van der Waals surface area (Å²) in [5, 5.41) is 3.15. The Labute approximate surface area is 127 Å². The predicted molar refractivity (Wildman–Crippen MR) is 84.0 cm³/mol. The van der Waals surface area contributed by atoms with Crippen molar-refractivity contribution >= 4 is 15.7 Å². The second-order valence-electron chi connectivity index (χ2n) is 5.97. The van der Waals surface area contributed by atoms with E-state index in [-0.39, 0.29) is 11.6 Å². The van der Waals surface area contributed by atoms with Gasteiger partial charge in [-0.1, -0.05) is 0 Å². The summed E-state index contributed by atoms with van der Waals surface area (Å²) in [4.78, 5) is 0.299. The Morgan fingerprint density at radius 1 is 1.29 bits per heavy atom. The average Bonchev–Trinajstić information content (AvgIpc) is 2.38. The summed E-state index contributed by atoms with van der Waals surface area (Å²) in [6, 6.07) is 6.75. The maximum Gasteiger partial charge on any atom is 0.240 e. The first-order chi connectivity index (χ1) is 9.82. The molecule has 1 fully saturated rings. The maximum atomic E-state index is 12.4. The first kappa shape index (κ1) is 16.3. The SMILES string of the molecule is CCNc1ccc(S(=O)(=O)NC2CCOC(C)(C)C2)cc1. The molecule has 1 aliphatic rings. The van der Waals surface area contributed by atoms with Crippen LogP contribution in [0.25, 0.3) is 0 Å². The Bertz CT molecular complexity index is 567. The van der Waals surface area contributed by atoms with Crippen LogP contribution in [0.2, 0.25) is 0 Å². The minimum absolute atomic E-state index is 0.0767. The van der Waals surface area contributed by atoms with E-state index < -0.39 is 10.0 Å². The molecule has 6 heteroatoms. The van der Waals surface area contributed by atoms with Crippen molar-refractivity contribution in [3.8, 4) is 0 Å². The van der Waals surface area contributed by atoms with Gasteiger partial charge in [-0.15, -0.1) is 0 Å². The standard InChI is InChI=1S/C15H24N2O3S/c1-4-16-12-5-7-14(8-6-12)21(18,19)17-13-9-10-20-15(2,3)11-13/h5-8,13,16-17H,4,9-11H2,1-3H3. The normalized spacial score (nSPS) is 22.0. The Balaban J connectivity index is 2.07. The molecule has 0 bridgehead atoms. The van der Waals surface area contributed by atoms with Crippen molar-refractivity contribution in [3.05, 3.63) is 24.3 Å². The zero-order chi connectivity index (χ0) is 15.5. The number of nitrogens with one attached hydrogen (secondary N) is 2. The van der Waals surface area contributed by atoms with E-state index in [1.165, 1.54) is 0 Å². The highest BCUT2D eigenvalue weighted by molar-refractivity contribution is 7.89. The van der Waals surface area contributed by atoms with E-state index in [2.05, 4.69) is 10.0 Å². The average molecular weight is 312 g/mol. The molecule has 0 saturated carbocycles. The molecule has 118 valence electrons. The molecule has 2 N–H and O–H groups in total. The summed E-state index contributed by atoms with van der Waals surface area (Å²) in [6.07, 6.45) is 1.39. The number of hydrogen-bond donors (Lipinski definition) is 2. The zero-order valence-corrected chi connectivity index (χ0v) is 13.7. The Morgan fingerprint density at radius 2 is 1.95 bits per heavy atom. The van der Waals surface area contributed by atoms with Crippen molar-refractivity contribution < 1.29 is 13.2 Å². The summed E-state index contributed by atoms with van der Waals surface area (Å²) in [7, 11) is -3.48. The number of hydrogen-bond acceptors (Lipinski definition) is 4. The molecule has 1 saturated heterocycles. The highest BCUT2D eigenvalue weighted by Crippen LogP contribution is 2.25. The lowest BCUT2D eigenvalue weighted by Gasteiger charge is -2.35. The third-order valence-corrected chi connectivity index (χ3v) is 5.10. The lowest BCUT2D eigenvalue weighted by molar-refractivity contribution is -0.0599. The first-order valence-corrected chi connectivity index (χ1v) is 8.81. The number of benzene rings is 1. The van der Waals surface area contributed by atoms with Gasteiger partial charge in [0.1, 0.15) is 0 Å². The molecule has 0 amide bonds. The number of anilines is 1. The van der Waals surface area contributed by atoms with Crippen molar-refractivity contribution in [2.45, 2.75) is 50.2 Å². The molecule has 5 nitrogen and oxygen atoms in total. The van der Waals surface area contributed by atoms with Crippen LogP contribution in [0.5, 0.6) is 0 Å². The summed E-state index contributed by atoms with van der Waals surface area (Å²) in [5.41, 5.74) is 0.643. The molecular weight excluding hydrogens is 288 g/mol. The monoisotopic (exact) mass is 312 g/mol. The van der Waals surface area contributed by atoms with Gasteiger partial charge in [0.25, 0.3) is 0 Å². The lowest BCUT2D eigenvalue weighted by atomic mass is 9.95. The van der Waals surface area contributed by atoms with Crippen LogP contribution in [-0.2, 0) is 14.8 Å². The van der Waals surface area contributed by atoms with E-state index in [1.807, 2.05) is 20.8 Å². The van der Waals surface area contributed by atoms with Gasteiger partial charge in [-0.2, -0.15) is 0 Å². The summed E-state index contributed by atoms with van der Waals surface area (Å²) < 4.78 is 33.2. The smallest absolute Gasteiger partial charge is 0.240 e. The van der Waals surface area contributed by atoms with Gasteiger partial charge >= 0.3 is 0 Å². The Morgan fingerprint density at radius 3 is 2.52 bits per heavy atom. The van der Waals surface area contributed by atoms with Crippen LogP contribution < -0.4 is 10.0 Å². The molecule has 0 aromatic heterocycles. The number of sulfonamides is 1. The number of ether oxygens (including phenoxy) is 1. The van der Waals surface area contributed by atoms with Crippen molar-refractivity contribution in [2.75, 3.05) is 18.5 Å². The van der Waals surface area contributed by atoms with Gasteiger partial charge < -0.3 is 10.1 Å². The Kier molecular flexibility index (Phi) is 4.91. The maximum absolute atomic E-state index is 12.4. The molecule has 0 spiro atoms. The molecular formula is C15H24N2O3S. The molecule has 21 heavy (non-hydrogen) atoms. The van der Waals surface area contributed by atoms with Crippen LogP contribution >= 0.6 is 0 Å². The van der Waals surface area contributed by atoms with Gasteiger partial charge in [-0.05, 0) is 57.9 Å². The van der Waals surface area contributed by atoms with Crippen molar-refractivity contribution in [2.24, 2.45) is 0 Å². The fraction of sp³-hybridized carbons (Fsp3) is 0.600. The molecule has 1 aromatic carbocycles. The van der Waals surface area contributed by atoms with E-state index in [4.69, 9.17) is 4.74 Å². The van der Waals surface area contributed by atoms with Crippen molar-refractivity contribution in [3.63, 3.8) is 0 Å². The zero-order valence-electron chi connectivity index (χ0n) is 12.8. The van der Waals surface area contributed by atoms with Gasteiger partial charge in [-0.25, -0.2) is 13.1 Å². The molecule has 2 rings (SSSR count). The van der Waals surface area contributed by atoms with E-state index in [1.54, 1.807) is 24.3 Å². The molecule has 1 atom stereocenters. The van der Waals surface area contributed by atoms with Crippen LogP contribution in [0.15, 0.2) is 29.2 Å². The minimum Gasteiger partial charge on any atom is -0.385 e. The van der Waals surface area contributed by atoms with Gasteiger partial charge in [0.2, 0.25) is 10.0 Å². The Hall–Kier alpha value is -1.11. The van der Waals surface area contributed by atoms with Crippen LogP contribution in [0, 0.1) is 0 Å². The third-order valence-electron chi connectivity index (χ3n) is 3.56. The second-order valence-corrected chi connectivity index (χ2v) is 7.69. The first-order valence-electron chi connectivity index (χ1n) is 7.33. The third kappa shape index (κ3) is 4.43. The van der Waals surface area contributed by atoms with Crippen LogP contribution in [0.3, 0.4) is 0 Å². The fourth-order valence-corrected chi connectivity index (χ4v) is 3.85. The van der Waals surface area contributed by atoms with E-state index in [0.29, 0.717) is 24.3 Å². The molecule has 0 radical (unpaired) electrons. The minimum atomic E-state index is -3.48. The second kappa shape index (κ2) is 6.34. The topological polar surface area (TPSA) is 67.4 Å². The van der Waals surface area contributed by atoms with Crippen LogP contribution in [0.4, 0.5) is 5.69 Å². The molecule has 0 aliphatic carbocycles. The lowest BCUT2D eigenvalue weighted by Crippen LogP contribution is -2.45. The summed E-state index contributed by atoms with van der Waals surface area (Å²) in [6.45, 7) is 7.36. The quantitative estimate of drug-likeness (QED) is 0.876. The summed E-state index contributed by atoms with van der Waals surface area (Å²) in [5.74, 6) is 0. The van der Waals surface area contributed by atoms with Crippen molar-refractivity contribution in [1.82, 2.24) is 4.72 Å². The highest BCUT2D eigenvalue weighted by atomic mass is 32.2. The summed E-state index contributed by atoms with van der Waals surface area (Å²) >= 11 is 0.